The van der Waals surface area contributed by atoms with Crippen molar-refractivity contribution < 1.29 is 24.2 Å². The summed E-state index contributed by atoms with van der Waals surface area (Å²) in [5.74, 6) is -0.0262. The molecule has 0 saturated carbocycles. The van der Waals surface area contributed by atoms with Gasteiger partial charge in [0, 0.05) is 19.6 Å². The standard InChI is InChI=1S/C12H20N2O5/c15-6-9-19-12(17)14-3-1-2-10(14)11(16)13-4-7-18-8-5-13/h10,15H,1-9H2. The Morgan fingerprint density at radius 2 is 2.00 bits per heavy atom. The van der Waals surface area contributed by atoms with E-state index in [2.05, 4.69) is 0 Å². The normalized spacial score (nSPS) is 23.5. The fraction of sp³-hybridized carbons (Fsp3) is 0.833. The molecule has 2 fully saturated rings. The first-order valence-electron chi connectivity index (χ1n) is 6.65. The lowest BCUT2D eigenvalue weighted by Gasteiger charge is -2.32. The molecule has 0 spiro atoms. The van der Waals surface area contributed by atoms with Crippen LogP contribution in [-0.4, -0.2) is 79.0 Å². The Bertz CT molecular complexity index is 330. The van der Waals surface area contributed by atoms with Crippen molar-refractivity contribution in [2.24, 2.45) is 0 Å². The number of carbonyl (C=O) groups is 2. The molecule has 0 aliphatic carbocycles. The van der Waals surface area contributed by atoms with Gasteiger partial charge in [0.1, 0.15) is 12.6 Å². The maximum atomic E-state index is 12.4. The lowest BCUT2D eigenvalue weighted by Crippen LogP contribution is -2.51. The number of nitrogens with zero attached hydrogens (tertiary/aromatic N) is 2. The molecule has 2 aliphatic rings. The predicted octanol–water partition coefficient (Wildman–Crippen LogP) is -0.561. The monoisotopic (exact) mass is 272 g/mol. The van der Waals surface area contributed by atoms with E-state index in [1.165, 1.54) is 4.90 Å². The number of aliphatic hydroxyl groups excluding tert-OH is 1. The van der Waals surface area contributed by atoms with Crippen LogP contribution in [0.2, 0.25) is 0 Å². The van der Waals surface area contributed by atoms with E-state index in [1.807, 2.05) is 0 Å². The molecule has 2 rings (SSSR count). The summed E-state index contributed by atoms with van der Waals surface area (Å²) >= 11 is 0. The lowest BCUT2D eigenvalue weighted by molar-refractivity contribution is -0.139. The molecule has 0 aromatic rings. The van der Waals surface area contributed by atoms with Crippen molar-refractivity contribution in [2.75, 3.05) is 46.1 Å². The van der Waals surface area contributed by atoms with Crippen LogP contribution in [0.25, 0.3) is 0 Å². The average molecular weight is 272 g/mol. The molecule has 19 heavy (non-hydrogen) atoms. The fourth-order valence-corrected chi connectivity index (χ4v) is 2.45. The maximum Gasteiger partial charge on any atom is 0.410 e. The number of morpholine rings is 1. The van der Waals surface area contributed by atoms with Crippen molar-refractivity contribution in [3.8, 4) is 0 Å². The van der Waals surface area contributed by atoms with Gasteiger partial charge in [-0.25, -0.2) is 4.79 Å². The first-order chi connectivity index (χ1) is 9.24. The molecule has 0 radical (unpaired) electrons. The van der Waals surface area contributed by atoms with E-state index in [-0.39, 0.29) is 19.1 Å². The van der Waals surface area contributed by atoms with Gasteiger partial charge in [-0.2, -0.15) is 0 Å². The summed E-state index contributed by atoms with van der Waals surface area (Å²) in [6.07, 6.45) is 0.956. The van der Waals surface area contributed by atoms with Crippen LogP contribution in [0.4, 0.5) is 4.79 Å². The van der Waals surface area contributed by atoms with Crippen LogP contribution in [0.1, 0.15) is 12.8 Å². The van der Waals surface area contributed by atoms with Crippen molar-refractivity contribution in [1.82, 2.24) is 9.80 Å². The van der Waals surface area contributed by atoms with Crippen molar-refractivity contribution in [1.29, 1.82) is 0 Å². The summed E-state index contributed by atoms with van der Waals surface area (Å²) in [6, 6.07) is -0.427. The number of aliphatic hydroxyl groups is 1. The molecule has 1 atom stereocenters. The maximum absolute atomic E-state index is 12.4. The van der Waals surface area contributed by atoms with Gasteiger partial charge in [-0.3, -0.25) is 9.69 Å². The third-order valence-electron chi connectivity index (χ3n) is 3.41. The van der Waals surface area contributed by atoms with Gasteiger partial charge in [-0.1, -0.05) is 0 Å². The molecular weight excluding hydrogens is 252 g/mol. The van der Waals surface area contributed by atoms with Gasteiger partial charge in [-0.05, 0) is 12.8 Å². The van der Waals surface area contributed by atoms with Crippen LogP contribution >= 0.6 is 0 Å². The van der Waals surface area contributed by atoms with Crippen LogP contribution in [0.5, 0.6) is 0 Å². The first-order valence-corrected chi connectivity index (χ1v) is 6.65. The number of amides is 2. The van der Waals surface area contributed by atoms with Crippen molar-refractivity contribution >= 4 is 12.0 Å². The summed E-state index contributed by atoms with van der Waals surface area (Å²) < 4.78 is 10.1. The second-order valence-electron chi connectivity index (χ2n) is 4.63. The zero-order valence-corrected chi connectivity index (χ0v) is 10.9. The molecule has 0 bridgehead atoms. The molecule has 2 amide bonds. The Labute approximate surface area is 112 Å². The molecule has 2 saturated heterocycles. The van der Waals surface area contributed by atoms with Gasteiger partial charge in [-0.15, -0.1) is 0 Å². The number of carbonyl (C=O) groups excluding carboxylic acids is 2. The van der Waals surface area contributed by atoms with E-state index in [0.29, 0.717) is 39.3 Å². The quantitative estimate of drug-likeness (QED) is 0.745. The van der Waals surface area contributed by atoms with Gasteiger partial charge >= 0.3 is 6.09 Å². The van der Waals surface area contributed by atoms with Gasteiger partial charge in [0.2, 0.25) is 5.91 Å². The largest absolute Gasteiger partial charge is 0.447 e. The number of rotatable bonds is 3. The third-order valence-corrected chi connectivity index (χ3v) is 3.41. The van der Waals surface area contributed by atoms with E-state index in [0.717, 1.165) is 6.42 Å². The molecule has 2 aliphatic heterocycles. The van der Waals surface area contributed by atoms with Crippen molar-refractivity contribution in [3.63, 3.8) is 0 Å². The second-order valence-corrected chi connectivity index (χ2v) is 4.63. The number of hydrogen-bond donors (Lipinski definition) is 1. The number of hydrogen-bond acceptors (Lipinski definition) is 5. The van der Waals surface area contributed by atoms with E-state index < -0.39 is 12.1 Å². The van der Waals surface area contributed by atoms with Crippen LogP contribution < -0.4 is 0 Å². The minimum absolute atomic E-state index is 0.0262. The van der Waals surface area contributed by atoms with Gasteiger partial charge in [0.05, 0.1) is 19.8 Å². The highest BCUT2D eigenvalue weighted by atomic mass is 16.6. The summed E-state index contributed by atoms with van der Waals surface area (Å²) in [5, 5.41) is 8.65. The number of ether oxygens (including phenoxy) is 2. The molecule has 7 nitrogen and oxygen atoms in total. The summed E-state index contributed by atoms with van der Waals surface area (Å²) in [5.41, 5.74) is 0. The minimum Gasteiger partial charge on any atom is -0.447 e. The molecule has 2 heterocycles. The van der Waals surface area contributed by atoms with Crippen LogP contribution in [-0.2, 0) is 14.3 Å². The highest BCUT2D eigenvalue weighted by Crippen LogP contribution is 2.20. The summed E-state index contributed by atoms with van der Waals surface area (Å²) in [6.45, 7) is 2.55. The molecule has 1 N–H and O–H groups in total. The van der Waals surface area contributed by atoms with Crippen LogP contribution in [0.15, 0.2) is 0 Å². The Kier molecular flexibility index (Phi) is 4.98. The Morgan fingerprint density at radius 1 is 1.26 bits per heavy atom. The van der Waals surface area contributed by atoms with E-state index in [1.54, 1.807) is 4.90 Å². The van der Waals surface area contributed by atoms with E-state index >= 15 is 0 Å². The first kappa shape index (κ1) is 14.1. The zero-order chi connectivity index (χ0) is 13.7. The molecule has 7 heteroatoms. The average Bonchev–Trinajstić information content (AvgIpc) is 2.94. The van der Waals surface area contributed by atoms with E-state index in [4.69, 9.17) is 14.6 Å². The molecule has 0 aromatic heterocycles. The highest BCUT2D eigenvalue weighted by Gasteiger charge is 2.37. The fourth-order valence-electron chi connectivity index (χ4n) is 2.45. The Morgan fingerprint density at radius 3 is 2.68 bits per heavy atom. The summed E-state index contributed by atoms with van der Waals surface area (Å²) in [7, 11) is 0. The predicted molar refractivity (Wildman–Crippen MR) is 65.6 cm³/mol. The smallest absolute Gasteiger partial charge is 0.410 e. The van der Waals surface area contributed by atoms with Gasteiger partial charge < -0.3 is 19.5 Å². The van der Waals surface area contributed by atoms with Crippen LogP contribution in [0, 0.1) is 0 Å². The Balaban J connectivity index is 1.93. The van der Waals surface area contributed by atoms with Crippen molar-refractivity contribution in [3.05, 3.63) is 0 Å². The van der Waals surface area contributed by atoms with Crippen LogP contribution in [0.3, 0.4) is 0 Å². The van der Waals surface area contributed by atoms with Gasteiger partial charge in [0.25, 0.3) is 0 Å². The Hall–Kier alpha value is -1.34. The molecule has 0 aromatic carbocycles. The highest BCUT2D eigenvalue weighted by molar-refractivity contribution is 5.86. The van der Waals surface area contributed by atoms with E-state index in [9.17, 15) is 9.59 Å². The second kappa shape index (κ2) is 6.72. The third kappa shape index (κ3) is 3.36. The summed E-state index contributed by atoms with van der Waals surface area (Å²) in [4.78, 5) is 27.4. The number of likely N-dealkylation sites (tertiary alicyclic amines) is 1. The topological polar surface area (TPSA) is 79.3 Å². The van der Waals surface area contributed by atoms with Gasteiger partial charge in [0.15, 0.2) is 0 Å². The zero-order valence-electron chi connectivity index (χ0n) is 10.9. The molecule has 108 valence electrons. The lowest BCUT2D eigenvalue weighted by atomic mass is 10.2. The SMILES string of the molecule is O=C(C1CCCN1C(=O)OCCO)N1CCOCC1. The van der Waals surface area contributed by atoms with Crippen molar-refractivity contribution in [2.45, 2.75) is 18.9 Å². The minimum atomic E-state index is -0.516. The molecular formula is C12H20N2O5. The molecule has 1 unspecified atom stereocenters.